The second kappa shape index (κ2) is 11.2. The summed E-state index contributed by atoms with van der Waals surface area (Å²) in [5.41, 5.74) is 3.18. The highest BCUT2D eigenvalue weighted by atomic mass is 79.9. The first-order valence-corrected chi connectivity index (χ1v) is 11.1. The Balaban J connectivity index is 1.83. The lowest BCUT2D eigenvalue weighted by Gasteiger charge is -2.14. The quantitative estimate of drug-likeness (QED) is 0.222. The lowest BCUT2D eigenvalue weighted by Crippen LogP contribution is -2.13. The molecule has 0 saturated heterocycles. The van der Waals surface area contributed by atoms with Crippen molar-refractivity contribution in [3.63, 3.8) is 0 Å². The first-order valence-electron chi connectivity index (χ1n) is 10.3. The molecule has 0 unspecified atom stereocenters. The van der Waals surface area contributed by atoms with Gasteiger partial charge in [0.05, 0.1) is 6.61 Å². The molecular formula is C26H23BrN2O4. The summed E-state index contributed by atoms with van der Waals surface area (Å²) in [5.74, 6) is 0.581. The van der Waals surface area contributed by atoms with Crippen LogP contribution in [-0.4, -0.2) is 17.6 Å². The highest BCUT2D eigenvalue weighted by molar-refractivity contribution is 9.10. The van der Waals surface area contributed by atoms with Crippen LogP contribution in [-0.2, 0) is 11.4 Å². The molecule has 0 aliphatic heterocycles. The zero-order valence-corrected chi connectivity index (χ0v) is 19.8. The third kappa shape index (κ3) is 6.61. The predicted octanol–water partition coefficient (Wildman–Crippen LogP) is 5.99. The minimum Gasteiger partial charge on any atom is -0.508 e. The Morgan fingerprint density at radius 3 is 2.39 bits per heavy atom. The molecule has 0 aliphatic rings. The molecule has 33 heavy (non-hydrogen) atoms. The van der Waals surface area contributed by atoms with Gasteiger partial charge in [0.1, 0.15) is 24.0 Å². The zero-order valence-electron chi connectivity index (χ0n) is 18.3. The van der Waals surface area contributed by atoms with Crippen LogP contribution in [0.4, 0.5) is 5.69 Å². The molecule has 0 fully saturated rings. The van der Waals surface area contributed by atoms with Crippen molar-refractivity contribution in [1.29, 1.82) is 5.26 Å². The summed E-state index contributed by atoms with van der Waals surface area (Å²) in [6, 6.07) is 19.5. The topological polar surface area (TPSA) is 91.6 Å². The van der Waals surface area contributed by atoms with Gasteiger partial charge in [-0.2, -0.15) is 5.26 Å². The van der Waals surface area contributed by atoms with E-state index in [9.17, 15) is 15.2 Å². The van der Waals surface area contributed by atoms with Gasteiger partial charge in [-0.15, -0.1) is 0 Å². The van der Waals surface area contributed by atoms with E-state index in [4.69, 9.17) is 9.47 Å². The lowest BCUT2D eigenvalue weighted by atomic mass is 10.1. The number of nitrogens with zero attached hydrogens (tertiary/aromatic N) is 1. The molecule has 0 spiro atoms. The second-order valence-corrected chi connectivity index (χ2v) is 8.05. The van der Waals surface area contributed by atoms with Gasteiger partial charge >= 0.3 is 0 Å². The molecule has 0 heterocycles. The number of aromatic hydroxyl groups is 1. The van der Waals surface area contributed by atoms with Gasteiger partial charge in [0, 0.05) is 10.2 Å². The second-order valence-electron chi connectivity index (χ2n) is 7.20. The molecule has 3 rings (SSSR count). The standard InChI is InChI=1S/C26H23BrN2O4/c1-3-32-24-13-19(12-20(15-28)26(31)29-21-8-10-22(30)11-9-21)23(27)14-25(24)33-16-18-6-4-17(2)5-7-18/h4-14,30H,3,16H2,1-2H3,(H,29,31)/b20-12+. The number of amides is 1. The molecule has 168 valence electrons. The van der Waals surface area contributed by atoms with Crippen LogP contribution in [0.15, 0.2) is 70.7 Å². The van der Waals surface area contributed by atoms with Crippen molar-refractivity contribution in [2.24, 2.45) is 0 Å². The molecule has 0 radical (unpaired) electrons. The first kappa shape index (κ1) is 23.9. The molecule has 7 heteroatoms. The normalized spacial score (nSPS) is 10.9. The Bertz CT molecular complexity index is 1200. The third-order valence-electron chi connectivity index (χ3n) is 4.67. The number of hydrogen-bond donors (Lipinski definition) is 2. The van der Waals surface area contributed by atoms with Crippen molar-refractivity contribution in [1.82, 2.24) is 0 Å². The zero-order chi connectivity index (χ0) is 23.8. The van der Waals surface area contributed by atoms with Gasteiger partial charge < -0.3 is 19.9 Å². The number of hydrogen-bond acceptors (Lipinski definition) is 5. The first-order chi connectivity index (χ1) is 15.9. The smallest absolute Gasteiger partial charge is 0.266 e. The lowest BCUT2D eigenvalue weighted by molar-refractivity contribution is -0.112. The molecule has 6 nitrogen and oxygen atoms in total. The number of aryl methyl sites for hydroxylation is 1. The Labute approximate surface area is 201 Å². The van der Waals surface area contributed by atoms with Gasteiger partial charge in [0.25, 0.3) is 5.91 Å². The van der Waals surface area contributed by atoms with Crippen LogP contribution in [0.3, 0.4) is 0 Å². The molecule has 0 bridgehead atoms. The highest BCUT2D eigenvalue weighted by Crippen LogP contribution is 2.35. The number of carbonyl (C=O) groups excluding carboxylic acids is 1. The van der Waals surface area contributed by atoms with Gasteiger partial charge in [0.15, 0.2) is 11.5 Å². The molecule has 0 aromatic heterocycles. The van der Waals surface area contributed by atoms with Crippen molar-refractivity contribution >= 4 is 33.6 Å². The summed E-state index contributed by atoms with van der Waals surface area (Å²) in [4.78, 5) is 12.6. The van der Waals surface area contributed by atoms with Gasteiger partial charge in [0.2, 0.25) is 0 Å². The predicted molar refractivity (Wildman–Crippen MR) is 131 cm³/mol. The van der Waals surface area contributed by atoms with E-state index in [0.717, 1.165) is 5.56 Å². The number of phenolic OH excluding ortho intramolecular Hbond substituents is 1. The molecule has 0 atom stereocenters. The summed E-state index contributed by atoms with van der Waals surface area (Å²) < 4.78 is 12.4. The van der Waals surface area contributed by atoms with E-state index in [2.05, 4.69) is 21.2 Å². The van der Waals surface area contributed by atoms with Crippen LogP contribution in [0, 0.1) is 18.3 Å². The number of ether oxygens (including phenoxy) is 2. The van der Waals surface area contributed by atoms with Gasteiger partial charge in [-0.3, -0.25) is 4.79 Å². The number of phenols is 1. The third-order valence-corrected chi connectivity index (χ3v) is 5.35. The summed E-state index contributed by atoms with van der Waals surface area (Å²) >= 11 is 3.50. The van der Waals surface area contributed by atoms with E-state index < -0.39 is 5.91 Å². The monoisotopic (exact) mass is 506 g/mol. The number of rotatable bonds is 8. The van der Waals surface area contributed by atoms with Crippen molar-refractivity contribution in [2.45, 2.75) is 20.5 Å². The maximum atomic E-state index is 12.6. The van der Waals surface area contributed by atoms with E-state index >= 15 is 0 Å². The average molecular weight is 507 g/mol. The molecule has 0 saturated carbocycles. The van der Waals surface area contributed by atoms with Gasteiger partial charge in [-0.1, -0.05) is 45.8 Å². The Morgan fingerprint density at radius 2 is 1.76 bits per heavy atom. The fourth-order valence-electron chi connectivity index (χ4n) is 2.94. The maximum Gasteiger partial charge on any atom is 0.266 e. The molecule has 3 aromatic rings. The maximum absolute atomic E-state index is 12.6. The van der Waals surface area contributed by atoms with Crippen LogP contribution in [0.5, 0.6) is 17.2 Å². The van der Waals surface area contributed by atoms with Gasteiger partial charge in [-0.05, 0) is 67.4 Å². The molecule has 1 amide bonds. The Hall–Kier alpha value is -3.76. The van der Waals surface area contributed by atoms with Crippen LogP contribution in [0.2, 0.25) is 0 Å². The number of benzene rings is 3. The molecule has 0 aliphatic carbocycles. The van der Waals surface area contributed by atoms with E-state index in [1.165, 1.54) is 23.8 Å². The number of nitriles is 1. The van der Waals surface area contributed by atoms with Crippen LogP contribution in [0.1, 0.15) is 23.6 Å². The van der Waals surface area contributed by atoms with E-state index in [1.807, 2.05) is 44.2 Å². The number of carbonyl (C=O) groups is 1. The summed E-state index contributed by atoms with van der Waals surface area (Å²) in [7, 11) is 0. The highest BCUT2D eigenvalue weighted by Gasteiger charge is 2.14. The Morgan fingerprint density at radius 1 is 1.09 bits per heavy atom. The summed E-state index contributed by atoms with van der Waals surface area (Å²) in [6.45, 7) is 4.70. The van der Waals surface area contributed by atoms with Crippen molar-refractivity contribution in [3.8, 4) is 23.3 Å². The number of nitrogens with one attached hydrogen (secondary N) is 1. The minimum absolute atomic E-state index is 0.0838. The fourth-order valence-corrected chi connectivity index (χ4v) is 3.37. The van der Waals surface area contributed by atoms with Crippen LogP contribution in [0.25, 0.3) is 6.08 Å². The molecular weight excluding hydrogens is 484 g/mol. The van der Waals surface area contributed by atoms with E-state index in [0.29, 0.717) is 40.4 Å². The fraction of sp³-hybridized carbons (Fsp3) is 0.154. The number of halogens is 1. The SMILES string of the molecule is CCOc1cc(/C=C(\C#N)C(=O)Nc2ccc(O)cc2)c(Br)cc1OCc1ccc(C)cc1. The molecule has 2 N–H and O–H groups in total. The molecule has 3 aromatic carbocycles. The summed E-state index contributed by atoms with van der Waals surface area (Å²) in [5, 5.41) is 21.6. The average Bonchev–Trinajstić information content (AvgIpc) is 2.80. The van der Waals surface area contributed by atoms with Crippen LogP contribution >= 0.6 is 15.9 Å². The largest absolute Gasteiger partial charge is 0.508 e. The van der Waals surface area contributed by atoms with Crippen molar-refractivity contribution < 1.29 is 19.4 Å². The van der Waals surface area contributed by atoms with Gasteiger partial charge in [-0.25, -0.2) is 0 Å². The number of anilines is 1. The van der Waals surface area contributed by atoms with Crippen molar-refractivity contribution in [3.05, 3.63) is 87.4 Å². The van der Waals surface area contributed by atoms with Crippen molar-refractivity contribution in [2.75, 3.05) is 11.9 Å². The minimum atomic E-state index is -0.562. The van der Waals surface area contributed by atoms with E-state index in [1.54, 1.807) is 24.3 Å². The Kier molecular flexibility index (Phi) is 8.11. The summed E-state index contributed by atoms with van der Waals surface area (Å²) in [6.07, 6.45) is 1.48. The van der Waals surface area contributed by atoms with Crippen LogP contribution < -0.4 is 14.8 Å². The van der Waals surface area contributed by atoms with E-state index in [-0.39, 0.29) is 11.3 Å².